The Morgan fingerprint density at radius 1 is 1.12 bits per heavy atom. The molecule has 0 aliphatic carbocycles. The number of hydrogen-bond acceptors (Lipinski definition) is 4. The lowest BCUT2D eigenvalue weighted by Crippen LogP contribution is -2.58. The molecule has 1 unspecified atom stereocenters. The third kappa shape index (κ3) is 5.94. The minimum atomic E-state index is -0.556. The quantitative estimate of drug-likeness (QED) is 0.536. The van der Waals surface area contributed by atoms with E-state index in [2.05, 4.69) is 10.3 Å². The van der Waals surface area contributed by atoms with E-state index in [0.29, 0.717) is 38.3 Å². The summed E-state index contributed by atoms with van der Waals surface area (Å²) in [7, 11) is 0. The van der Waals surface area contributed by atoms with E-state index in [9.17, 15) is 14.0 Å². The average Bonchev–Trinajstić information content (AvgIpc) is 2.84. The normalized spacial score (nSPS) is 15.7. The van der Waals surface area contributed by atoms with Crippen LogP contribution in [0.1, 0.15) is 18.4 Å². The molecule has 1 saturated heterocycles. The fraction of sp³-hybridized carbons (Fsp3) is 0.269. The molecule has 1 N–H and O–H groups in total. The van der Waals surface area contributed by atoms with E-state index < -0.39 is 6.04 Å². The fourth-order valence-corrected chi connectivity index (χ4v) is 3.96. The Balaban J connectivity index is 1.37. The van der Waals surface area contributed by atoms with Crippen LogP contribution in [-0.2, 0) is 16.0 Å². The molecule has 0 spiro atoms. The van der Waals surface area contributed by atoms with E-state index in [-0.39, 0.29) is 24.1 Å². The maximum absolute atomic E-state index is 13.2. The van der Waals surface area contributed by atoms with Crippen molar-refractivity contribution in [3.8, 4) is 16.9 Å². The first-order valence-corrected chi connectivity index (χ1v) is 11.0. The highest BCUT2D eigenvalue weighted by molar-refractivity contribution is 5.89. The number of carbonyl (C=O) groups excluding carboxylic acids is 2. The molecule has 6 nitrogen and oxygen atoms in total. The zero-order valence-electron chi connectivity index (χ0n) is 18.2. The second-order valence-electron chi connectivity index (χ2n) is 7.95. The van der Waals surface area contributed by atoms with Gasteiger partial charge in [-0.05, 0) is 41.3 Å². The number of carbonyl (C=O) groups is 2. The van der Waals surface area contributed by atoms with Crippen LogP contribution in [0.5, 0.6) is 5.75 Å². The minimum Gasteiger partial charge on any atom is -0.493 e. The van der Waals surface area contributed by atoms with Crippen LogP contribution in [0, 0.1) is 5.82 Å². The molecular weight excluding hydrogens is 421 g/mol. The van der Waals surface area contributed by atoms with Crippen LogP contribution in [0.15, 0.2) is 73.1 Å². The highest BCUT2D eigenvalue weighted by Gasteiger charge is 2.32. The zero-order valence-corrected chi connectivity index (χ0v) is 18.2. The van der Waals surface area contributed by atoms with Crippen LogP contribution in [0.25, 0.3) is 11.1 Å². The van der Waals surface area contributed by atoms with Gasteiger partial charge in [-0.25, -0.2) is 4.39 Å². The monoisotopic (exact) mass is 447 g/mol. The highest BCUT2D eigenvalue weighted by atomic mass is 19.1. The molecule has 0 radical (unpaired) electrons. The molecule has 170 valence electrons. The first kappa shape index (κ1) is 22.5. The molecule has 3 aromatic rings. The van der Waals surface area contributed by atoms with E-state index >= 15 is 0 Å². The first-order chi connectivity index (χ1) is 16.1. The van der Waals surface area contributed by atoms with E-state index in [1.54, 1.807) is 29.4 Å². The maximum atomic E-state index is 13.2. The summed E-state index contributed by atoms with van der Waals surface area (Å²) < 4.78 is 18.8. The molecule has 2 amide bonds. The largest absolute Gasteiger partial charge is 0.493 e. The van der Waals surface area contributed by atoms with Crippen molar-refractivity contribution in [2.45, 2.75) is 25.3 Å². The van der Waals surface area contributed by atoms with Gasteiger partial charge in [0.15, 0.2) is 0 Å². The van der Waals surface area contributed by atoms with Gasteiger partial charge in [-0.3, -0.25) is 14.6 Å². The van der Waals surface area contributed by atoms with Crippen LogP contribution < -0.4 is 10.1 Å². The Morgan fingerprint density at radius 3 is 2.79 bits per heavy atom. The Hall–Kier alpha value is -3.74. The lowest BCUT2D eigenvalue weighted by atomic mass is 9.98. The summed E-state index contributed by atoms with van der Waals surface area (Å²) in [6.45, 7) is 1.21. The highest BCUT2D eigenvalue weighted by Crippen LogP contribution is 2.22. The summed E-state index contributed by atoms with van der Waals surface area (Å²) in [5, 5.41) is 2.87. The second-order valence-corrected chi connectivity index (χ2v) is 7.95. The number of pyridine rings is 1. The minimum absolute atomic E-state index is 0.0823. The van der Waals surface area contributed by atoms with Crippen molar-refractivity contribution in [2.24, 2.45) is 0 Å². The van der Waals surface area contributed by atoms with Crippen molar-refractivity contribution in [1.82, 2.24) is 15.2 Å². The van der Waals surface area contributed by atoms with Crippen LogP contribution in [0.4, 0.5) is 4.39 Å². The number of halogens is 1. The topological polar surface area (TPSA) is 71.5 Å². The second kappa shape index (κ2) is 10.7. The molecule has 33 heavy (non-hydrogen) atoms. The van der Waals surface area contributed by atoms with E-state index in [1.807, 2.05) is 36.4 Å². The van der Waals surface area contributed by atoms with Gasteiger partial charge in [-0.1, -0.05) is 36.4 Å². The third-order valence-corrected chi connectivity index (χ3v) is 5.60. The Morgan fingerprint density at radius 2 is 1.97 bits per heavy atom. The molecule has 1 aliphatic rings. The standard InChI is InChI=1S/C26H26FN3O3/c27-22-8-2-9-23(17-22)33-14-4-10-25(31)30-13-12-29-26(32)24(30)16-19-5-1-6-20(15-19)21-7-3-11-28-18-21/h1-3,5-9,11,15,17-18,24H,4,10,12-14,16H2,(H,29,32). The number of amides is 2. The van der Waals surface area contributed by atoms with Gasteiger partial charge in [0.1, 0.15) is 17.6 Å². The van der Waals surface area contributed by atoms with E-state index in [4.69, 9.17) is 4.74 Å². The lowest BCUT2D eigenvalue weighted by molar-refractivity contribution is -0.143. The zero-order chi connectivity index (χ0) is 23.0. The molecule has 1 aromatic heterocycles. The Labute approximate surface area is 192 Å². The smallest absolute Gasteiger partial charge is 0.243 e. The molecule has 0 bridgehead atoms. The molecule has 2 heterocycles. The van der Waals surface area contributed by atoms with Crippen LogP contribution >= 0.6 is 0 Å². The van der Waals surface area contributed by atoms with E-state index in [1.165, 1.54) is 12.1 Å². The van der Waals surface area contributed by atoms with Gasteiger partial charge < -0.3 is 15.0 Å². The number of nitrogens with zero attached hydrogens (tertiary/aromatic N) is 2. The van der Waals surface area contributed by atoms with E-state index in [0.717, 1.165) is 16.7 Å². The van der Waals surface area contributed by atoms with Crippen molar-refractivity contribution in [2.75, 3.05) is 19.7 Å². The summed E-state index contributed by atoms with van der Waals surface area (Å²) in [5.74, 6) is -0.150. The van der Waals surface area contributed by atoms with Crippen LogP contribution in [0.2, 0.25) is 0 Å². The number of aromatic nitrogens is 1. The Bertz CT molecular complexity index is 1110. The number of benzene rings is 2. The van der Waals surface area contributed by atoms with Crippen molar-refractivity contribution < 1.29 is 18.7 Å². The summed E-state index contributed by atoms with van der Waals surface area (Å²) >= 11 is 0. The molecule has 0 saturated carbocycles. The fourth-order valence-electron chi connectivity index (χ4n) is 3.96. The average molecular weight is 448 g/mol. The number of piperazine rings is 1. The predicted octanol–water partition coefficient (Wildman–Crippen LogP) is 3.62. The van der Waals surface area contributed by atoms with Crippen molar-refractivity contribution in [1.29, 1.82) is 0 Å². The summed E-state index contributed by atoms with van der Waals surface area (Å²) in [6.07, 6.45) is 4.71. The summed E-state index contributed by atoms with van der Waals surface area (Å²) in [6, 6.07) is 17.2. The number of nitrogens with one attached hydrogen (secondary N) is 1. The first-order valence-electron chi connectivity index (χ1n) is 11.0. The molecule has 4 rings (SSSR count). The molecule has 1 aliphatic heterocycles. The SMILES string of the molecule is O=C1NCCN(C(=O)CCCOc2cccc(F)c2)C1Cc1cccc(-c2cccnc2)c1. The summed E-state index contributed by atoms with van der Waals surface area (Å²) in [5.41, 5.74) is 2.99. The molecule has 1 atom stereocenters. The molecular formula is C26H26FN3O3. The molecule has 1 fully saturated rings. The number of ether oxygens (including phenoxy) is 1. The molecule has 7 heteroatoms. The van der Waals surface area contributed by atoms with Gasteiger partial charge in [0, 0.05) is 44.4 Å². The van der Waals surface area contributed by atoms with Gasteiger partial charge >= 0.3 is 0 Å². The van der Waals surface area contributed by atoms with Gasteiger partial charge in [0.25, 0.3) is 0 Å². The van der Waals surface area contributed by atoms with Crippen molar-refractivity contribution in [3.05, 3.63) is 84.4 Å². The summed E-state index contributed by atoms with van der Waals surface area (Å²) in [4.78, 5) is 31.4. The van der Waals surface area contributed by atoms with Crippen molar-refractivity contribution >= 4 is 11.8 Å². The van der Waals surface area contributed by atoms with Crippen LogP contribution in [-0.4, -0.2) is 47.4 Å². The van der Waals surface area contributed by atoms with Gasteiger partial charge in [0.05, 0.1) is 6.61 Å². The lowest BCUT2D eigenvalue weighted by Gasteiger charge is -2.35. The van der Waals surface area contributed by atoms with Crippen molar-refractivity contribution in [3.63, 3.8) is 0 Å². The predicted molar refractivity (Wildman–Crippen MR) is 123 cm³/mol. The van der Waals surface area contributed by atoms with Gasteiger partial charge in [-0.15, -0.1) is 0 Å². The Kier molecular flexibility index (Phi) is 7.29. The maximum Gasteiger partial charge on any atom is 0.243 e. The van der Waals surface area contributed by atoms with Gasteiger partial charge in [0.2, 0.25) is 11.8 Å². The number of hydrogen-bond donors (Lipinski definition) is 1. The third-order valence-electron chi connectivity index (χ3n) is 5.60. The van der Waals surface area contributed by atoms with Crippen LogP contribution in [0.3, 0.4) is 0 Å². The molecule has 2 aromatic carbocycles. The number of rotatable bonds is 8. The van der Waals surface area contributed by atoms with Gasteiger partial charge in [-0.2, -0.15) is 0 Å².